The average molecular weight is 415 g/mol. The number of carbonyl (C=O) groups is 2. The monoisotopic (exact) mass is 415 g/mol. The molecule has 2 aromatic heterocycles. The van der Waals surface area contributed by atoms with E-state index in [0.717, 1.165) is 16.0 Å². The van der Waals surface area contributed by atoms with Gasteiger partial charge in [-0.1, -0.05) is 18.2 Å². The van der Waals surface area contributed by atoms with E-state index in [9.17, 15) is 14.4 Å². The van der Waals surface area contributed by atoms with Crippen molar-refractivity contribution < 1.29 is 19.1 Å². The third-order valence-corrected chi connectivity index (χ3v) is 5.60. The van der Waals surface area contributed by atoms with E-state index in [0.29, 0.717) is 16.0 Å². The molecule has 1 aromatic carbocycles. The second-order valence-corrected chi connectivity index (χ2v) is 7.59. The van der Waals surface area contributed by atoms with Gasteiger partial charge in [0.25, 0.3) is 11.5 Å². The normalized spacial score (nSPS) is 10.7. The van der Waals surface area contributed by atoms with Crippen molar-refractivity contribution in [2.75, 3.05) is 13.7 Å². The lowest BCUT2D eigenvalue weighted by molar-refractivity contribution is -0.149. The average Bonchev–Trinajstić information content (AvgIpc) is 3.01. The fourth-order valence-corrected chi connectivity index (χ4v) is 3.79. The molecule has 8 nitrogen and oxygen atoms in total. The highest BCUT2D eigenvalue weighted by atomic mass is 32.1. The Kier molecular flexibility index (Phi) is 6.28. The third-order valence-electron chi connectivity index (χ3n) is 4.49. The maximum atomic E-state index is 12.6. The quantitative estimate of drug-likeness (QED) is 0.592. The number of hydrogen-bond donors (Lipinski definition) is 1. The van der Waals surface area contributed by atoms with Gasteiger partial charge in [-0.25, -0.2) is 4.98 Å². The van der Waals surface area contributed by atoms with Crippen LogP contribution >= 0.6 is 11.3 Å². The van der Waals surface area contributed by atoms with E-state index in [4.69, 9.17) is 9.47 Å². The molecule has 1 amide bonds. The van der Waals surface area contributed by atoms with Crippen LogP contribution in [0.15, 0.2) is 35.4 Å². The smallest absolute Gasteiger partial charge is 0.326 e. The van der Waals surface area contributed by atoms with E-state index < -0.39 is 18.5 Å². The van der Waals surface area contributed by atoms with Gasteiger partial charge in [0.15, 0.2) is 6.61 Å². The summed E-state index contributed by atoms with van der Waals surface area (Å²) >= 11 is 1.44. The number of ether oxygens (including phenoxy) is 2. The molecule has 3 rings (SSSR count). The third kappa shape index (κ3) is 4.62. The highest BCUT2D eigenvalue weighted by Crippen LogP contribution is 2.25. The summed E-state index contributed by atoms with van der Waals surface area (Å²) in [4.78, 5) is 42.5. The Hall–Kier alpha value is -3.20. The summed E-state index contributed by atoms with van der Waals surface area (Å²) in [6, 6.07) is 7.29. The predicted octanol–water partition coefficient (Wildman–Crippen LogP) is 1.94. The Balaban J connectivity index is 1.55. The summed E-state index contributed by atoms with van der Waals surface area (Å²) in [6.07, 6.45) is 1.32. The van der Waals surface area contributed by atoms with Gasteiger partial charge in [-0.3, -0.25) is 19.0 Å². The van der Waals surface area contributed by atoms with Gasteiger partial charge in [0, 0.05) is 17.0 Å². The number of benzene rings is 1. The second kappa shape index (κ2) is 8.87. The number of aryl methyl sites for hydroxylation is 2. The van der Waals surface area contributed by atoms with Crippen molar-refractivity contribution in [1.29, 1.82) is 0 Å². The molecule has 0 fully saturated rings. The highest BCUT2D eigenvalue weighted by molar-refractivity contribution is 7.18. The van der Waals surface area contributed by atoms with Crippen molar-refractivity contribution in [3.8, 4) is 5.75 Å². The molecule has 152 valence electrons. The summed E-state index contributed by atoms with van der Waals surface area (Å²) in [5.74, 6) is -0.481. The number of para-hydroxylation sites is 1. The fourth-order valence-electron chi connectivity index (χ4n) is 2.81. The SMILES string of the molecule is COc1ccccc1CNC(=O)COC(=O)Cn1cnc2sc(C)c(C)c2c1=O. The number of thiophene rings is 1. The molecule has 0 unspecified atom stereocenters. The molecule has 2 heterocycles. The Labute approximate surface area is 171 Å². The zero-order valence-corrected chi connectivity index (χ0v) is 17.2. The van der Waals surface area contributed by atoms with Crippen LogP contribution in [0, 0.1) is 13.8 Å². The van der Waals surface area contributed by atoms with Crippen LogP contribution in [0.1, 0.15) is 16.0 Å². The van der Waals surface area contributed by atoms with Crippen LogP contribution in [0.3, 0.4) is 0 Å². The van der Waals surface area contributed by atoms with Gasteiger partial charge < -0.3 is 14.8 Å². The van der Waals surface area contributed by atoms with E-state index in [-0.39, 0.29) is 18.6 Å². The maximum Gasteiger partial charge on any atom is 0.326 e. The Morgan fingerprint density at radius 1 is 1.24 bits per heavy atom. The first-order valence-electron chi connectivity index (χ1n) is 8.90. The lowest BCUT2D eigenvalue weighted by atomic mass is 10.2. The van der Waals surface area contributed by atoms with E-state index in [2.05, 4.69) is 10.3 Å². The standard InChI is InChI=1S/C20H21N3O5S/c1-12-13(2)29-19-18(12)20(26)23(11-22-19)9-17(25)28-10-16(24)21-8-14-6-4-5-7-15(14)27-3/h4-7,11H,8-10H2,1-3H3,(H,21,24). The lowest BCUT2D eigenvalue weighted by Gasteiger charge is -2.10. The number of aromatic nitrogens is 2. The molecule has 9 heteroatoms. The Morgan fingerprint density at radius 3 is 2.76 bits per heavy atom. The molecule has 0 spiro atoms. The molecule has 0 atom stereocenters. The molecule has 0 aliphatic rings. The molecular weight excluding hydrogens is 394 g/mol. The van der Waals surface area contributed by atoms with Gasteiger partial charge in [-0.05, 0) is 25.5 Å². The second-order valence-electron chi connectivity index (χ2n) is 6.39. The molecule has 3 aromatic rings. The van der Waals surface area contributed by atoms with Crippen molar-refractivity contribution >= 4 is 33.4 Å². The minimum atomic E-state index is -0.690. The van der Waals surface area contributed by atoms with Crippen LogP contribution < -0.4 is 15.6 Å². The summed E-state index contributed by atoms with van der Waals surface area (Å²) in [5, 5.41) is 3.17. The van der Waals surface area contributed by atoms with Crippen LogP contribution in [0.25, 0.3) is 10.2 Å². The number of rotatable bonds is 7. The van der Waals surface area contributed by atoms with Gasteiger partial charge in [0.05, 0.1) is 18.8 Å². The molecule has 0 bridgehead atoms. The number of carbonyl (C=O) groups excluding carboxylic acids is 2. The highest BCUT2D eigenvalue weighted by Gasteiger charge is 2.15. The number of amides is 1. The lowest BCUT2D eigenvalue weighted by Crippen LogP contribution is -2.31. The molecular formula is C20H21N3O5S. The summed E-state index contributed by atoms with van der Waals surface area (Å²) in [5.41, 5.74) is 1.37. The minimum absolute atomic E-state index is 0.247. The molecule has 0 aliphatic heterocycles. The Morgan fingerprint density at radius 2 is 2.00 bits per heavy atom. The van der Waals surface area contributed by atoms with E-state index in [1.807, 2.05) is 32.0 Å². The van der Waals surface area contributed by atoms with Crippen molar-refractivity contribution in [2.45, 2.75) is 26.9 Å². The van der Waals surface area contributed by atoms with Gasteiger partial charge >= 0.3 is 5.97 Å². The van der Waals surface area contributed by atoms with Gasteiger partial charge in [0.2, 0.25) is 0 Å². The number of nitrogens with one attached hydrogen (secondary N) is 1. The van der Waals surface area contributed by atoms with Gasteiger partial charge in [-0.15, -0.1) is 11.3 Å². The predicted molar refractivity (Wildman–Crippen MR) is 109 cm³/mol. The van der Waals surface area contributed by atoms with Crippen molar-refractivity contribution in [1.82, 2.24) is 14.9 Å². The minimum Gasteiger partial charge on any atom is -0.496 e. The van der Waals surface area contributed by atoms with Crippen LogP contribution in [0.2, 0.25) is 0 Å². The number of fused-ring (bicyclic) bond motifs is 1. The van der Waals surface area contributed by atoms with Crippen LogP contribution in [-0.2, 0) is 27.4 Å². The first kappa shape index (κ1) is 20.5. The molecule has 0 radical (unpaired) electrons. The largest absolute Gasteiger partial charge is 0.496 e. The maximum absolute atomic E-state index is 12.6. The van der Waals surface area contributed by atoms with Crippen molar-refractivity contribution in [3.63, 3.8) is 0 Å². The Bertz CT molecular complexity index is 1120. The molecule has 1 N–H and O–H groups in total. The van der Waals surface area contributed by atoms with Gasteiger partial charge in [0.1, 0.15) is 17.1 Å². The molecule has 0 aliphatic carbocycles. The number of esters is 1. The summed E-state index contributed by atoms with van der Waals surface area (Å²) in [7, 11) is 1.55. The number of hydrogen-bond acceptors (Lipinski definition) is 7. The van der Waals surface area contributed by atoms with Crippen molar-refractivity contribution in [3.05, 3.63) is 57.0 Å². The van der Waals surface area contributed by atoms with Crippen LogP contribution in [-0.4, -0.2) is 35.1 Å². The molecule has 0 saturated carbocycles. The zero-order chi connectivity index (χ0) is 21.0. The molecule has 0 saturated heterocycles. The van der Waals surface area contributed by atoms with Crippen LogP contribution in [0.4, 0.5) is 0 Å². The first-order valence-corrected chi connectivity index (χ1v) is 9.71. The number of methoxy groups -OCH3 is 1. The summed E-state index contributed by atoms with van der Waals surface area (Å²) < 4.78 is 11.4. The fraction of sp³-hybridized carbons (Fsp3) is 0.300. The molecule has 29 heavy (non-hydrogen) atoms. The van der Waals surface area contributed by atoms with Crippen LogP contribution in [0.5, 0.6) is 5.75 Å². The van der Waals surface area contributed by atoms with E-state index in [1.54, 1.807) is 13.2 Å². The van der Waals surface area contributed by atoms with Gasteiger partial charge in [-0.2, -0.15) is 0 Å². The van der Waals surface area contributed by atoms with E-state index >= 15 is 0 Å². The van der Waals surface area contributed by atoms with E-state index in [1.165, 1.54) is 22.2 Å². The number of nitrogens with zero attached hydrogens (tertiary/aromatic N) is 2. The topological polar surface area (TPSA) is 99.5 Å². The zero-order valence-electron chi connectivity index (χ0n) is 16.4. The first-order chi connectivity index (χ1) is 13.9. The summed E-state index contributed by atoms with van der Waals surface area (Å²) in [6.45, 7) is 3.28. The van der Waals surface area contributed by atoms with Crippen molar-refractivity contribution in [2.24, 2.45) is 0 Å².